The van der Waals surface area contributed by atoms with Crippen LogP contribution < -0.4 is 0 Å². The summed E-state index contributed by atoms with van der Waals surface area (Å²) in [6.45, 7) is 10.4. The van der Waals surface area contributed by atoms with Gasteiger partial charge in [0.2, 0.25) is 0 Å². The fraction of sp³-hybridized carbons (Fsp3) is 0.615. The SMILES string of the molecule is C=C/C(Br)=C\N=C(C)C1(C(C)C)CCC1. The summed E-state index contributed by atoms with van der Waals surface area (Å²) in [5, 5.41) is 0. The van der Waals surface area contributed by atoms with Gasteiger partial charge in [-0.05, 0) is 41.6 Å². The summed E-state index contributed by atoms with van der Waals surface area (Å²) in [5.41, 5.74) is 1.63. The second-order valence-electron chi connectivity index (χ2n) is 4.60. The van der Waals surface area contributed by atoms with E-state index in [-0.39, 0.29) is 0 Å². The molecule has 84 valence electrons. The summed E-state index contributed by atoms with van der Waals surface area (Å²) in [6, 6.07) is 0. The van der Waals surface area contributed by atoms with Crippen LogP contribution in [0.1, 0.15) is 40.0 Å². The molecule has 0 aromatic carbocycles. The van der Waals surface area contributed by atoms with Crippen molar-refractivity contribution in [2.24, 2.45) is 16.3 Å². The van der Waals surface area contributed by atoms with Gasteiger partial charge < -0.3 is 0 Å². The number of hydrogen-bond acceptors (Lipinski definition) is 1. The molecule has 0 spiro atoms. The van der Waals surface area contributed by atoms with E-state index in [0.29, 0.717) is 11.3 Å². The third-order valence-corrected chi connectivity index (χ3v) is 4.18. The molecule has 1 fully saturated rings. The van der Waals surface area contributed by atoms with Gasteiger partial charge >= 0.3 is 0 Å². The van der Waals surface area contributed by atoms with Gasteiger partial charge in [0.15, 0.2) is 0 Å². The summed E-state index contributed by atoms with van der Waals surface area (Å²) >= 11 is 3.38. The lowest BCUT2D eigenvalue weighted by Gasteiger charge is -2.45. The molecule has 0 aromatic rings. The average Bonchev–Trinajstić information content (AvgIpc) is 2.11. The number of rotatable bonds is 4. The molecule has 0 unspecified atom stereocenters. The van der Waals surface area contributed by atoms with Gasteiger partial charge in [-0.1, -0.05) is 32.9 Å². The molecule has 1 nitrogen and oxygen atoms in total. The Balaban J connectivity index is 2.82. The van der Waals surface area contributed by atoms with Crippen molar-refractivity contribution in [3.8, 4) is 0 Å². The summed E-state index contributed by atoms with van der Waals surface area (Å²) in [5.74, 6) is 0.686. The third-order valence-electron chi connectivity index (χ3n) is 3.65. The topological polar surface area (TPSA) is 12.4 Å². The first-order valence-corrected chi connectivity index (χ1v) is 6.35. The zero-order chi connectivity index (χ0) is 11.5. The number of nitrogens with zero attached hydrogens (tertiary/aromatic N) is 1. The first-order chi connectivity index (χ1) is 7.03. The van der Waals surface area contributed by atoms with Crippen molar-refractivity contribution in [1.82, 2.24) is 0 Å². The van der Waals surface area contributed by atoms with Crippen LogP contribution in [-0.4, -0.2) is 5.71 Å². The highest BCUT2D eigenvalue weighted by molar-refractivity contribution is 9.11. The van der Waals surface area contributed by atoms with Crippen molar-refractivity contribution in [2.45, 2.75) is 40.0 Å². The standard InChI is InChI=1S/C13H20BrN/c1-5-12(14)9-15-11(4)13(10(2)3)7-6-8-13/h5,9-10H,1,6-8H2,2-4H3/b12-9+,15-11?. The fourth-order valence-corrected chi connectivity index (χ4v) is 2.36. The second kappa shape index (κ2) is 5.11. The lowest BCUT2D eigenvalue weighted by atomic mass is 9.59. The van der Waals surface area contributed by atoms with E-state index in [0.717, 1.165) is 4.48 Å². The van der Waals surface area contributed by atoms with Crippen LogP contribution >= 0.6 is 15.9 Å². The van der Waals surface area contributed by atoms with Crippen molar-refractivity contribution in [3.63, 3.8) is 0 Å². The highest BCUT2D eigenvalue weighted by Gasteiger charge is 2.42. The second-order valence-corrected chi connectivity index (χ2v) is 5.51. The van der Waals surface area contributed by atoms with Crippen LogP contribution in [0.4, 0.5) is 0 Å². The van der Waals surface area contributed by atoms with E-state index in [1.54, 1.807) is 6.08 Å². The van der Waals surface area contributed by atoms with Gasteiger partial charge in [-0.25, -0.2) is 0 Å². The summed E-state index contributed by atoms with van der Waals surface area (Å²) in [7, 11) is 0. The molecule has 0 heterocycles. The Labute approximate surface area is 101 Å². The molecule has 1 saturated carbocycles. The molecule has 0 N–H and O–H groups in total. The maximum absolute atomic E-state index is 4.55. The lowest BCUT2D eigenvalue weighted by molar-refractivity contribution is 0.156. The molecule has 0 saturated heterocycles. The molecule has 0 aliphatic heterocycles. The van der Waals surface area contributed by atoms with Gasteiger partial charge in [0, 0.05) is 21.8 Å². The summed E-state index contributed by atoms with van der Waals surface area (Å²) in [6.07, 6.45) is 7.54. The first kappa shape index (κ1) is 12.7. The van der Waals surface area contributed by atoms with Crippen LogP contribution in [0.3, 0.4) is 0 Å². The number of halogens is 1. The molecule has 0 atom stereocenters. The molecule has 0 bridgehead atoms. The fourth-order valence-electron chi connectivity index (χ4n) is 2.25. The molecule has 2 heteroatoms. The third kappa shape index (κ3) is 2.60. The van der Waals surface area contributed by atoms with Gasteiger partial charge in [-0.2, -0.15) is 0 Å². The van der Waals surface area contributed by atoms with Crippen molar-refractivity contribution >= 4 is 21.6 Å². The Bertz CT molecular complexity index is 296. The Morgan fingerprint density at radius 3 is 2.40 bits per heavy atom. The zero-order valence-corrected chi connectivity index (χ0v) is 11.5. The Morgan fingerprint density at radius 2 is 2.07 bits per heavy atom. The molecule has 1 aliphatic rings. The minimum atomic E-state index is 0.366. The van der Waals surface area contributed by atoms with Gasteiger partial charge in [0.25, 0.3) is 0 Å². The van der Waals surface area contributed by atoms with E-state index in [1.807, 2.05) is 6.20 Å². The summed E-state index contributed by atoms with van der Waals surface area (Å²) < 4.78 is 0.945. The molecule has 15 heavy (non-hydrogen) atoms. The molecule has 1 aliphatic carbocycles. The quantitative estimate of drug-likeness (QED) is 0.519. The lowest BCUT2D eigenvalue weighted by Crippen LogP contribution is -2.41. The van der Waals surface area contributed by atoms with Crippen molar-refractivity contribution in [1.29, 1.82) is 0 Å². The van der Waals surface area contributed by atoms with Crippen LogP contribution in [0.2, 0.25) is 0 Å². The van der Waals surface area contributed by atoms with Crippen molar-refractivity contribution in [3.05, 3.63) is 23.3 Å². The maximum atomic E-state index is 4.55. The van der Waals surface area contributed by atoms with Crippen LogP contribution in [0, 0.1) is 11.3 Å². The normalized spacial score (nSPS) is 21.4. The van der Waals surface area contributed by atoms with Crippen molar-refractivity contribution < 1.29 is 0 Å². The molecule has 0 amide bonds. The van der Waals surface area contributed by atoms with Crippen LogP contribution in [0.25, 0.3) is 0 Å². The predicted molar refractivity (Wildman–Crippen MR) is 71.4 cm³/mol. The maximum Gasteiger partial charge on any atom is 0.0409 e. The minimum Gasteiger partial charge on any atom is -0.264 e. The highest BCUT2D eigenvalue weighted by atomic mass is 79.9. The summed E-state index contributed by atoms with van der Waals surface area (Å²) in [4.78, 5) is 4.55. The highest BCUT2D eigenvalue weighted by Crippen LogP contribution is 2.48. The molecule has 1 rings (SSSR count). The molecule has 0 radical (unpaired) electrons. The van der Waals surface area contributed by atoms with E-state index in [2.05, 4.69) is 48.3 Å². The van der Waals surface area contributed by atoms with E-state index < -0.39 is 0 Å². The smallest absolute Gasteiger partial charge is 0.0409 e. The minimum absolute atomic E-state index is 0.366. The zero-order valence-electron chi connectivity index (χ0n) is 9.89. The van der Waals surface area contributed by atoms with Gasteiger partial charge in [0.05, 0.1) is 0 Å². The molecular formula is C13H20BrN. The van der Waals surface area contributed by atoms with Crippen molar-refractivity contribution in [2.75, 3.05) is 0 Å². The van der Waals surface area contributed by atoms with Gasteiger partial charge in [0.1, 0.15) is 0 Å². The van der Waals surface area contributed by atoms with Crippen LogP contribution in [-0.2, 0) is 0 Å². The van der Waals surface area contributed by atoms with Crippen LogP contribution in [0.5, 0.6) is 0 Å². The van der Waals surface area contributed by atoms with E-state index in [1.165, 1.54) is 25.0 Å². The van der Waals surface area contributed by atoms with Crippen LogP contribution in [0.15, 0.2) is 28.3 Å². The van der Waals surface area contributed by atoms with E-state index in [4.69, 9.17) is 0 Å². The molecular weight excluding hydrogens is 250 g/mol. The Hall–Kier alpha value is -0.370. The van der Waals surface area contributed by atoms with E-state index >= 15 is 0 Å². The van der Waals surface area contributed by atoms with Gasteiger partial charge in [-0.3, -0.25) is 4.99 Å². The number of hydrogen-bond donors (Lipinski definition) is 0. The number of aliphatic imine (C=N–C) groups is 1. The van der Waals surface area contributed by atoms with E-state index in [9.17, 15) is 0 Å². The Kier molecular flexibility index (Phi) is 4.32. The van der Waals surface area contributed by atoms with Gasteiger partial charge in [-0.15, -0.1) is 0 Å². The number of allylic oxidation sites excluding steroid dienone is 2. The largest absolute Gasteiger partial charge is 0.264 e. The average molecular weight is 270 g/mol. The predicted octanol–water partition coefficient (Wildman–Crippen LogP) is 4.70. The first-order valence-electron chi connectivity index (χ1n) is 5.56. The Morgan fingerprint density at radius 1 is 1.47 bits per heavy atom. The monoisotopic (exact) mass is 269 g/mol. The molecule has 0 aromatic heterocycles.